The summed E-state index contributed by atoms with van der Waals surface area (Å²) in [5, 5.41) is 13.0. The maximum Gasteiger partial charge on any atom is 0.268 e. The van der Waals surface area contributed by atoms with Gasteiger partial charge in [0, 0.05) is 11.5 Å². The molecule has 0 aliphatic heterocycles. The first-order valence-corrected chi connectivity index (χ1v) is 6.11. The molecule has 94 valence electrons. The predicted octanol–water partition coefficient (Wildman–Crippen LogP) is 2.21. The molecule has 2 unspecified atom stereocenters. The van der Waals surface area contributed by atoms with Gasteiger partial charge in [-0.2, -0.15) is 0 Å². The molecule has 0 radical (unpaired) electrons. The van der Waals surface area contributed by atoms with Gasteiger partial charge in [0.15, 0.2) is 0 Å². The Morgan fingerprint density at radius 2 is 2.24 bits per heavy atom. The van der Waals surface area contributed by atoms with E-state index in [1.165, 1.54) is 6.07 Å². The van der Waals surface area contributed by atoms with Crippen molar-refractivity contribution in [3.63, 3.8) is 0 Å². The highest BCUT2D eigenvalue weighted by atomic mass is 35.5. The summed E-state index contributed by atoms with van der Waals surface area (Å²) in [5.74, 6) is -0.260. The number of halogens is 2. The number of hydrogen-bond donors (Lipinski definition) is 3. The summed E-state index contributed by atoms with van der Waals surface area (Å²) in [5.41, 5.74) is 0.0349. The fourth-order valence-electron chi connectivity index (χ4n) is 1.91. The van der Waals surface area contributed by atoms with E-state index in [1.54, 1.807) is 0 Å². The zero-order valence-corrected chi connectivity index (χ0v) is 11.1. The molecule has 1 aliphatic rings. The molecule has 2 atom stereocenters. The normalized spacial score (nSPS) is 26.4. The summed E-state index contributed by atoms with van der Waals surface area (Å²) in [6.45, 7) is 3.83. The quantitative estimate of drug-likeness (QED) is 0.776. The van der Waals surface area contributed by atoms with E-state index in [2.05, 4.69) is 10.3 Å². The lowest BCUT2D eigenvalue weighted by Crippen LogP contribution is -2.61. The number of carbonyl (C=O) groups is 1. The van der Waals surface area contributed by atoms with Gasteiger partial charge in [0.1, 0.15) is 10.8 Å². The molecular formula is C11H14Cl2N2O2. The fourth-order valence-corrected chi connectivity index (χ4v) is 2.22. The minimum absolute atomic E-state index is 0.0362. The first-order chi connectivity index (χ1) is 7.82. The fraction of sp³-hybridized carbons (Fsp3) is 0.545. The molecule has 1 heterocycles. The standard InChI is InChI=1S/C11H14Cl2N2O2/c1-11(2)7(4-8(11)16)15-10(17)6-3-5(12)9(13)14-6/h3,7-8,14,16H,4H2,1-2H3,(H,15,17). The number of nitrogens with one attached hydrogen (secondary N) is 2. The summed E-state index contributed by atoms with van der Waals surface area (Å²) in [4.78, 5) is 14.6. The van der Waals surface area contributed by atoms with Gasteiger partial charge in [-0.3, -0.25) is 4.79 Å². The van der Waals surface area contributed by atoms with E-state index in [0.29, 0.717) is 17.1 Å². The van der Waals surface area contributed by atoms with Crippen LogP contribution in [0, 0.1) is 5.41 Å². The van der Waals surface area contributed by atoms with Crippen LogP contribution in [0.5, 0.6) is 0 Å². The number of rotatable bonds is 2. The van der Waals surface area contributed by atoms with Crippen LogP contribution in [-0.2, 0) is 0 Å². The Balaban J connectivity index is 2.03. The molecule has 2 rings (SSSR count). The number of aliphatic hydroxyl groups excluding tert-OH is 1. The van der Waals surface area contributed by atoms with E-state index in [0.717, 1.165) is 0 Å². The van der Waals surface area contributed by atoms with Gasteiger partial charge in [-0.05, 0) is 12.5 Å². The largest absolute Gasteiger partial charge is 0.392 e. The van der Waals surface area contributed by atoms with E-state index in [1.807, 2.05) is 13.8 Å². The molecule has 4 nitrogen and oxygen atoms in total. The summed E-state index contributed by atoms with van der Waals surface area (Å²) < 4.78 is 0. The molecule has 1 aromatic heterocycles. The van der Waals surface area contributed by atoms with Gasteiger partial charge in [-0.1, -0.05) is 37.0 Å². The molecule has 1 amide bonds. The number of amides is 1. The van der Waals surface area contributed by atoms with Crippen molar-refractivity contribution in [3.05, 3.63) is 21.9 Å². The Morgan fingerprint density at radius 1 is 1.59 bits per heavy atom. The molecule has 0 saturated heterocycles. The predicted molar refractivity (Wildman–Crippen MR) is 66.5 cm³/mol. The molecule has 3 N–H and O–H groups in total. The average molecular weight is 277 g/mol. The first kappa shape index (κ1) is 12.7. The number of H-pyrrole nitrogens is 1. The van der Waals surface area contributed by atoms with Crippen molar-refractivity contribution >= 4 is 29.1 Å². The second-order valence-corrected chi connectivity index (χ2v) is 5.73. The Labute approximate surface area is 109 Å². The SMILES string of the molecule is CC1(C)C(O)CC1NC(=O)c1cc(Cl)c(Cl)[nH]1. The van der Waals surface area contributed by atoms with Crippen molar-refractivity contribution in [1.82, 2.24) is 10.3 Å². The lowest BCUT2D eigenvalue weighted by molar-refractivity contribution is -0.0690. The number of hydrogen-bond acceptors (Lipinski definition) is 2. The van der Waals surface area contributed by atoms with Gasteiger partial charge in [0.25, 0.3) is 5.91 Å². The summed E-state index contributed by atoms with van der Waals surface area (Å²) in [7, 11) is 0. The van der Waals surface area contributed by atoms with E-state index in [9.17, 15) is 9.90 Å². The Kier molecular flexibility index (Phi) is 3.14. The van der Waals surface area contributed by atoms with Crippen molar-refractivity contribution in [2.75, 3.05) is 0 Å². The first-order valence-electron chi connectivity index (χ1n) is 5.35. The number of aromatic amines is 1. The minimum atomic E-state index is -0.372. The van der Waals surface area contributed by atoms with E-state index < -0.39 is 0 Å². The Bertz CT molecular complexity index is 437. The van der Waals surface area contributed by atoms with Crippen molar-refractivity contribution in [1.29, 1.82) is 0 Å². The van der Waals surface area contributed by atoms with Crippen LogP contribution in [0.15, 0.2) is 6.07 Å². The van der Waals surface area contributed by atoms with Crippen LogP contribution in [-0.4, -0.2) is 28.1 Å². The van der Waals surface area contributed by atoms with Gasteiger partial charge in [0.2, 0.25) is 0 Å². The van der Waals surface area contributed by atoms with Crippen LogP contribution >= 0.6 is 23.2 Å². The Hall–Kier alpha value is -0.710. The molecule has 1 saturated carbocycles. The highest BCUT2D eigenvalue weighted by Crippen LogP contribution is 2.40. The number of aliphatic hydroxyl groups is 1. The molecule has 0 aromatic carbocycles. The molecule has 1 aromatic rings. The molecule has 17 heavy (non-hydrogen) atoms. The van der Waals surface area contributed by atoms with Crippen LogP contribution in [0.4, 0.5) is 0 Å². The Morgan fingerprint density at radius 3 is 2.65 bits per heavy atom. The molecule has 0 spiro atoms. The molecule has 0 bridgehead atoms. The summed E-state index contributed by atoms with van der Waals surface area (Å²) in [6.07, 6.45) is 0.199. The molecule has 6 heteroatoms. The molecule has 1 fully saturated rings. The molecule has 1 aliphatic carbocycles. The average Bonchev–Trinajstić information content (AvgIpc) is 2.59. The van der Waals surface area contributed by atoms with Crippen LogP contribution < -0.4 is 5.32 Å². The minimum Gasteiger partial charge on any atom is -0.392 e. The second kappa shape index (κ2) is 4.19. The summed E-state index contributed by atoms with van der Waals surface area (Å²) in [6, 6.07) is 1.45. The third-order valence-electron chi connectivity index (χ3n) is 3.49. The number of aromatic nitrogens is 1. The maximum absolute atomic E-state index is 11.9. The van der Waals surface area contributed by atoms with Crippen molar-refractivity contribution < 1.29 is 9.90 Å². The van der Waals surface area contributed by atoms with E-state index in [-0.39, 0.29) is 28.6 Å². The lowest BCUT2D eigenvalue weighted by Gasteiger charge is -2.49. The zero-order chi connectivity index (χ0) is 12.8. The van der Waals surface area contributed by atoms with Crippen LogP contribution in [0.2, 0.25) is 10.2 Å². The van der Waals surface area contributed by atoms with Crippen LogP contribution in [0.25, 0.3) is 0 Å². The van der Waals surface area contributed by atoms with Crippen LogP contribution in [0.1, 0.15) is 30.8 Å². The van der Waals surface area contributed by atoms with E-state index in [4.69, 9.17) is 23.2 Å². The van der Waals surface area contributed by atoms with Crippen molar-refractivity contribution in [2.45, 2.75) is 32.4 Å². The van der Waals surface area contributed by atoms with Gasteiger partial charge in [0.05, 0.1) is 11.1 Å². The van der Waals surface area contributed by atoms with Crippen molar-refractivity contribution in [2.24, 2.45) is 5.41 Å². The second-order valence-electron chi connectivity index (χ2n) is 4.94. The number of carbonyl (C=O) groups excluding carboxylic acids is 1. The smallest absolute Gasteiger partial charge is 0.268 e. The van der Waals surface area contributed by atoms with Gasteiger partial charge in [-0.25, -0.2) is 0 Å². The third-order valence-corrected chi connectivity index (χ3v) is 4.18. The highest BCUT2D eigenvalue weighted by Gasteiger charge is 2.48. The highest BCUT2D eigenvalue weighted by molar-refractivity contribution is 6.41. The van der Waals surface area contributed by atoms with Gasteiger partial charge >= 0.3 is 0 Å². The maximum atomic E-state index is 11.9. The topological polar surface area (TPSA) is 65.1 Å². The van der Waals surface area contributed by atoms with Gasteiger partial charge in [-0.15, -0.1) is 0 Å². The van der Waals surface area contributed by atoms with Crippen LogP contribution in [0.3, 0.4) is 0 Å². The summed E-state index contributed by atoms with van der Waals surface area (Å²) >= 11 is 11.5. The lowest BCUT2D eigenvalue weighted by atomic mass is 9.64. The third kappa shape index (κ3) is 2.17. The molecular weight excluding hydrogens is 263 g/mol. The monoisotopic (exact) mass is 276 g/mol. The zero-order valence-electron chi connectivity index (χ0n) is 9.55. The van der Waals surface area contributed by atoms with E-state index >= 15 is 0 Å². The van der Waals surface area contributed by atoms with Gasteiger partial charge < -0.3 is 15.4 Å². The van der Waals surface area contributed by atoms with Crippen molar-refractivity contribution in [3.8, 4) is 0 Å².